The summed E-state index contributed by atoms with van der Waals surface area (Å²) in [6.45, 7) is 3.59. The minimum atomic E-state index is -0.313. The van der Waals surface area contributed by atoms with Crippen LogP contribution in [0, 0.1) is 5.92 Å². The van der Waals surface area contributed by atoms with Crippen LogP contribution in [0.1, 0.15) is 13.3 Å². The van der Waals surface area contributed by atoms with E-state index in [2.05, 4.69) is 15.3 Å². The Morgan fingerprint density at radius 2 is 2.56 bits per heavy atom. The molecule has 0 amide bonds. The van der Waals surface area contributed by atoms with Gasteiger partial charge in [0.2, 0.25) is 0 Å². The van der Waals surface area contributed by atoms with Crippen molar-refractivity contribution in [3.63, 3.8) is 0 Å². The second kappa shape index (κ2) is 4.52. The standard InChI is InChI=1S/C10H16N4O2/c1-6(7-2-3-16-4-7)14-9-8(11)10(15)13-5-12-9/h5-7H,2-4,11H2,1H3,(H2,12,13,14,15). The summed E-state index contributed by atoms with van der Waals surface area (Å²) in [5.41, 5.74) is 5.45. The average Bonchev–Trinajstić information content (AvgIpc) is 2.78. The number of ether oxygens (including phenoxy) is 1. The van der Waals surface area contributed by atoms with Gasteiger partial charge in [-0.2, -0.15) is 0 Å². The molecule has 0 radical (unpaired) electrons. The summed E-state index contributed by atoms with van der Waals surface area (Å²) >= 11 is 0. The Hall–Kier alpha value is -1.56. The Labute approximate surface area is 93.2 Å². The largest absolute Gasteiger partial charge is 0.391 e. The molecule has 1 aliphatic rings. The molecule has 4 N–H and O–H groups in total. The predicted octanol–water partition coefficient (Wildman–Crippen LogP) is 0.189. The first kappa shape index (κ1) is 10.9. The summed E-state index contributed by atoms with van der Waals surface area (Å²) in [6, 6.07) is 0.194. The average molecular weight is 224 g/mol. The van der Waals surface area contributed by atoms with E-state index in [1.807, 2.05) is 6.92 Å². The van der Waals surface area contributed by atoms with Crippen LogP contribution in [0.4, 0.5) is 11.5 Å². The maximum Gasteiger partial charge on any atom is 0.276 e. The first-order valence-electron chi connectivity index (χ1n) is 5.36. The predicted molar refractivity (Wildman–Crippen MR) is 61.3 cm³/mol. The van der Waals surface area contributed by atoms with Crippen LogP contribution in [0.3, 0.4) is 0 Å². The maximum absolute atomic E-state index is 11.3. The molecule has 0 bridgehead atoms. The molecule has 88 valence electrons. The molecule has 1 aromatic heterocycles. The van der Waals surface area contributed by atoms with Crippen molar-refractivity contribution >= 4 is 11.5 Å². The number of H-pyrrole nitrogens is 1. The molecular formula is C10H16N4O2. The molecule has 6 nitrogen and oxygen atoms in total. The zero-order chi connectivity index (χ0) is 11.5. The summed E-state index contributed by atoms with van der Waals surface area (Å²) in [5.74, 6) is 0.892. The van der Waals surface area contributed by atoms with E-state index in [4.69, 9.17) is 10.5 Å². The molecule has 2 rings (SSSR count). The molecule has 0 saturated carbocycles. The molecule has 16 heavy (non-hydrogen) atoms. The second-order valence-corrected chi connectivity index (χ2v) is 4.05. The Bertz CT molecular complexity index is 412. The molecule has 1 saturated heterocycles. The van der Waals surface area contributed by atoms with Crippen molar-refractivity contribution < 1.29 is 4.74 Å². The zero-order valence-electron chi connectivity index (χ0n) is 9.19. The highest BCUT2D eigenvalue weighted by molar-refractivity contribution is 5.59. The molecule has 0 aromatic carbocycles. The fraction of sp³-hybridized carbons (Fsp3) is 0.600. The third-order valence-corrected chi connectivity index (χ3v) is 2.93. The lowest BCUT2D eigenvalue weighted by molar-refractivity contribution is 0.183. The highest BCUT2D eigenvalue weighted by Gasteiger charge is 2.23. The Balaban J connectivity index is 2.08. The zero-order valence-corrected chi connectivity index (χ0v) is 9.19. The van der Waals surface area contributed by atoms with Gasteiger partial charge in [-0.15, -0.1) is 0 Å². The van der Waals surface area contributed by atoms with Gasteiger partial charge in [0.15, 0.2) is 5.82 Å². The summed E-state index contributed by atoms with van der Waals surface area (Å²) in [5, 5.41) is 3.16. The minimum absolute atomic E-state index is 0.133. The van der Waals surface area contributed by atoms with E-state index in [0.717, 1.165) is 19.6 Å². The fourth-order valence-electron chi connectivity index (χ4n) is 1.81. The van der Waals surface area contributed by atoms with Crippen LogP contribution in [-0.4, -0.2) is 29.2 Å². The number of hydrogen-bond donors (Lipinski definition) is 3. The van der Waals surface area contributed by atoms with Crippen LogP contribution < -0.4 is 16.6 Å². The van der Waals surface area contributed by atoms with E-state index in [1.54, 1.807) is 0 Å². The van der Waals surface area contributed by atoms with Crippen molar-refractivity contribution in [2.45, 2.75) is 19.4 Å². The van der Waals surface area contributed by atoms with Gasteiger partial charge in [0.25, 0.3) is 5.56 Å². The molecule has 1 aliphatic heterocycles. The van der Waals surface area contributed by atoms with Crippen LogP contribution in [0.25, 0.3) is 0 Å². The highest BCUT2D eigenvalue weighted by atomic mass is 16.5. The number of aromatic nitrogens is 2. The number of anilines is 2. The number of hydrogen-bond acceptors (Lipinski definition) is 5. The van der Waals surface area contributed by atoms with Crippen molar-refractivity contribution in [2.24, 2.45) is 5.92 Å². The number of nitrogens with two attached hydrogens (primary N) is 1. The molecule has 0 aliphatic carbocycles. The first-order chi connectivity index (χ1) is 7.68. The van der Waals surface area contributed by atoms with Crippen molar-refractivity contribution in [3.05, 3.63) is 16.7 Å². The van der Waals surface area contributed by atoms with Gasteiger partial charge in [-0.3, -0.25) is 4.79 Å². The van der Waals surface area contributed by atoms with Gasteiger partial charge in [-0.25, -0.2) is 4.98 Å². The normalized spacial score (nSPS) is 21.9. The van der Waals surface area contributed by atoms with Crippen molar-refractivity contribution in [2.75, 3.05) is 24.3 Å². The van der Waals surface area contributed by atoms with Gasteiger partial charge < -0.3 is 20.8 Å². The van der Waals surface area contributed by atoms with Gasteiger partial charge in [0, 0.05) is 18.6 Å². The van der Waals surface area contributed by atoms with E-state index < -0.39 is 0 Å². The molecule has 2 heterocycles. The van der Waals surface area contributed by atoms with Crippen LogP contribution in [0.5, 0.6) is 0 Å². The number of nitrogens with one attached hydrogen (secondary N) is 2. The van der Waals surface area contributed by atoms with Crippen LogP contribution in [0.15, 0.2) is 11.1 Å². The van der Waals surface area contributed by atoms with Gasteiger partial charge in [-0.1, -0.05) is 0 Å². The third kappa shape index (κ3) is 2.16. The lowest BCUT2D eigenvalue weighted by Gasteiger charge is -2.20. The molecule has 1 aromatic rings. The minimum Gasteiger partial charge on any atom is -0.391 e. The third-order valence-electron chi connectivity index (χ3n) is 2.93. The van der Waals surface area contributed by atoms with Crippen molar-refractivity contribution in [1.29, 1.82) is 0 Å². The summed E-state index contributed by atoms with van der Waals surface area (Å²) in [4.78, 5) is 17.7. The SMILES string of the molecule is CC(Nc1nc[nH]c(=O)c1N)C1CCOC1. The van der Waals surface area contributed by atoms with E-state index in [0.29, 0.717) is 11.7 Å². The number of aromatic amines is 1. The smallest absolute Gasteiger partial charge is 0.276 e. The molecule has 0 spiro atoms. The summed E-state index contributed by atoms with van der Waals surface area (Å²) in [7, 11) is 0. The van der Waals surface area contributed by atoms with Crippen molar-refractivity contribution in [3.8, 4) is 0 Å². The van der Waals surface area contributed by atoms with E-state index >= 15 is 0 Å². The Morgan fingerprint density at radius 3 is 3.25 bits per heavy atom. The molecule has 2 unspecified atom stereocenters. The van der Waals surface area contributed by atoms with E-state index in [9.17, 15) is 4.79 Å². The molecule has 2 atom stereocenters. The maximum atomic E-state index is 11.3. The number of nitrogen functional groups attached to an aromatic ring is 1. The topological polar surface area (TPSA) is 93.0 Å². The van der Waals surface area contributed by atoms with Gasteiger partial charge in [0.1, 0.15) is 5.69 Å². The van der Waals surface area contributed by atoms with Crippen LogP contribution in [0.2, 0.25) is 0 Å². The quantitative estimate of drug-likeness (QED) is 0.681. The van der Waals surface area contributed by atoms with Gasteiger partial charge in [-0.05, 0) is 13.3 Å². The lowest BCUT2D eigenvalue weighted by atomic mass is 10.0. The van der Waals surface area contributed by atoms with E-state index in [-0.39, 0.29) is 17.3 Å². The van der Waals surface area contributed by atoms with Crippen molar-refractivity contribution in [1.82, 2.24) is 9.97 Å². The monoisotopic (exact) mass is 224 g/mol. The Morgan fingerprint density at radius 1 is 1.75 bits per heavy atom. The summed E-state index contributed by atoms with van der Waals surface area (Å²) in [6.07, 6.45) is 2.37. The Kier molecular flexibility index (Phi) is 3.09. The van der Waals surface area contributed by atoms with E-state index in [1.165, 1.54) is 6.33 Å². The van der Waals surface area contributed by atoms with Crippen LogP contribution in [-0.2, 0) is 4.74 Å². The molecule has 6 heteroatoms. The van der Waals surface area contributed by atoms with Gasteiger partial charge in [0.05, 0.1) is 12.9 Å². The fourth-order valence-corrected chi connectivity index (χ4v) is 1.81. The van der Waals surface area contributed by atoms with Crippen LogP contribution >= 0.6 is 0 Å². The lowest BCUT2D eigenvalue weighted by Crippen LogP contribution is -2.28. The second-order valence-electron chi connectivity index (χ2n) is 4.05. The number of rotatable bonds is 3. The molecular weight excluding hydrogens is 208 g/mol. The number of nitrogens with zero attached hydrogens (tertiary/aromatic N) is 1. The highest BCUT2D eigenvalue weighted by Crippen LogP contribution is 2.20. The first-order valence-corrected chi connectivity index (χ1v) is 5.36. The summed E-state index contributed by atoms with van der Waals surface area (Å²) < 4.78 is 5.31. The molecule has 1 fully saturated rings. The van der Waals surface area contributed by atoms with Gasteiger partial charge >= 0.3 is 0 Å².